The minimum absolute atomic E-state index is 0.104. The van der Waals surface area contributed by atoms with E-state index >= 15 is 0 Å². The van der Waals surface area contributed by atoms with Gasteiger partial charge in [-0.1, -0.05) is 12.1 Å². The summed E-state index contributed by atoms with van der Waals surface area (Å²) in [5, 5.41) is 15.7. The van der Waals surface area contributed by atoms with Gasteiger partial charge in [0.2, 0.25) is 0 Å². The lowest BCUT2D eigenvalue weighted by Gasteiger charge is -2.11. The van der Waals surface area contributed by atoms with Crippen molar-refractivity contribution >= 4 is 11.4 Å². The first-order chi connectivity index (χ1) is 13.1. The summed E-state index contributed by atoms with van der Waals surface area (Å²) in [4.78, 5) is 4.25. The Morgan fingerprint density at radius 2 is 2.07 bits per heavy atom. The van der Waals surface area contributed by atoms with Gasteiger partial charge in [0.15, 0.2) is 17.5 Å². The fourth-order valence-corrected chi connectivity index (χ4v) is 3.01. The van der Waals surface area contributed by atoms with Gasteiger partial charge in [0.05, 0.1) is 5.56 Å². The van der Waals surface area contributed by atoms with Crippen molar-refractivity contribution in [2.75, 3.05) is 18.8 Å². The average Bonchev–Trinajstić information content (AvgIpc) is 2.98. The van der Waals surface area contributed by atoms with Gasteiger partial charge < -0.3 is 5.73 Å². The second kappa shape index (κ2) is 7.20. The van der Waals surface area contributed by atoms with Gasteiger partial charge in [0.25, 0.3) is 0 Å². The first kappa shape index (κ1) is 17.2. The van der Waals surface area contributed by atoms with Crippen molar-refractivity contribution < 1.29 is 8.78 Å². The Kier molecular flexibility index (Phi) is 4.59. The number of allylic oxidation sites excluding steroid dienone is 1. The van der Waals surface area contributed by atoms with Crippen LogP contribution < -0.4 is 11.1 Å². The van der Waals surface area contributed by atoms with E-state index in [1.807, 2.05) is 6.07 Å². The zero-order chi connectivity index (χ0) is 18.8. The largest absolute Gasteiger partial charge is 0.383 e. The molecule has 0 saturated carbocycles. The number of aromatic nitrogens is 5. The van der Waals surface area contributed by atoms with Crippen molar-refractivity contribution in [1.82, 2.24) is 30.5 Å². The summed E-state index contributed by atoms with van der Waals surface area (Å²) in [7, 11) is 0. The van der Waals surface area contributed by atoms with Crippen LogP contribution in [-0.4, -0.2) is 38.3 Å². The van der Waals surface area contributed by atoms with Gasteiger partial charge in [-0.3, -0.25) is 0 Å². The number of pyridine rings is 1. The average molecular weight is 368 g/mol. The van der Waals surface area contributed by atoms with Crippen LogP contribution in [0.25, 0.3) is 22.6 Å². The Hall–Kier alpha value is -3.20. The number of hydrogen-bond donors (Lipinski definition) is 1. The lowest BCUT2D eigenvalue weighted by Crippen LogP contribution is -2.06. The third-order valence-electron chi connectivity index (χ3n) is 4.39. The highest BCUT2D eigenvalue weighted by atomic mass is 19.2. The molecule has 1 radical (unpaired) electrons. The summed E-state index contributed by atoms with van der Waals surface area (Å²) in [6.45, 7) is 1.48. The van der Waals surface area contributed by atoms with Crippen molar-refractivity contribution in [3.8, 4) is 17.1 Å². The number of anilines is 1. The summed E-state index contributed by atoms with van der Waals surface area (Å²) in [6, 6.07) is 5.63. The molecular formula is C18H16F2N7. The molecule has 0 saturated heterocycles. The molecule has 0 unspecified atom stereocenters. The van der Waals surface area contributed by atoms with Gasteiger partial charge in [-0.25, -0.2) is 19.1 Å². The highest BCUT2D eigenvalue weighted by Gasteiger charge is 2.20. The molecule has 9 heteroatoms. The van der Waals surface area contributed by atoms with Crippen LogP contribution in [0.5, 0.6) is 0 Å². The number of halogens is 2. The number of nitrogens with two attached hydrogens (primary N) is 1. The molecule has 0 bridgehead atoms. The van der Waals surface area contributed by atoms with E-state index in [4.69, 9.17) is 5.73 Å². The smallest absolute Gasteiger partial charge is 0.190 e. The maximum Gasteiger partial charge on any atom is 0.190 e. The van der Waals surface area contributed by atoms with E-state index in [2.05, 4.69) is 31.9 Å². The maximum atomic E-state index is 14.2. The van der Waals surface area contributed by atoms with Crippen LogP contribution in [0.4, 0.5) is 14.6 Å². The van der Waals surface area contributed by atoms with E-state index < -0.39 is 11.6 Å². The van der Waals surface area contributed by atoms with E-state index in [9.17, 15) is 8.78 Å². The Balaban J connectivity index is 1.81. The molecule has 3 heterocycles. The van der Waals surface area contributed by atoms with Crippen molar-refractivity contribution in [2.45, 2.75) is 12.8 Å². The minimum atomic E-state index is -1.04. The second-order valence-electron chi connectivity index (χ2n) is 6.11. The molecular weight excluding hydrogens is 352 g/mol. The molecule has 2 aromatic heterocycles. The molecule has 7 nitrogen and oxygen atoms in total. The Morgan fingerprint density at radius 1 is 1.19 bits per heavy atom. The first-order valence-electron chi connectivity index (χ1n) is 8.46. The number of rotatable bonds is 3. The first-order valence-corrected chi connectivity index (χ1v) is 8.46. The van der Waals surface area contributed by atoms with Crippen molar-refractivity contribution in [3.05, 3.63) is 53.7 Å². The Morgan fingerprint density at radius 3 is 2.96 bits per heavy atom. The fourth-order valence-electron chi connectivity index (χ4n) is 3.01. The van der Waals surface area contributed by atoms with Crippen LogP contribution in [0.15, 0.2) is 36.5 Å². The molecule has 0 amide bonds. The zero-order valence-electron chi connectivity index (χ0n) is 14.3. The Bertz CT molecular complexity index is 1010. The number of hydrogen-bond acceptors (Lipinski definition) is 5. The quantitative estimate of drug-likeness (QED) is 0.766. The van der Waals surface area contributed by atoms with Gasteiger partial charge >= 0.3 is 0 Å². The number of nitrogens with zero attached hydrogens (tertiary/aromatic N) is 6. The SMILES string of the molecule is Nc1ncc(C2=CC[N]CCC2)cc1-c1nnnn1-c1cccc(F)c1F. The molecule has 2 N–H and O–H groups in total. The van der Waals surface area contributed by atoms with Crippen LogP contribution in [0.3, 0.4) is 0 Å². The summed E-state index contributed by atoms with van der Waals surface area (Å²) in [5.74, 6) is -1.64. The van der Waals surface area contributed by atoms with E-state index in [-0.39, 0.29) is 17.3 Å². The van der Waals surface area contributed by atoms with E-state index in [0.29, 0.717) is 12.1 Å². The predicted octanol–water partition coefficient (Wildman–Crippen LogP) is 2.37. The van der Waals surface area contributed by atoms with Gasteiger partial charge in [0, 0.05) is 19.3 Å². The molecule has 27 heavy (non-hydrogen) atoms. The van der Waals surface area contributed by atoms with Gasteiger partial charge in [-0.15, -0.1) is 5.10 Å². The standard InChI is InChI=1S/C18H16F2N7/c19-14-4-1-5-15(16(14)20)27-18(24-25-26-27)13-9-12(10-23-17(13)21)11-3-2-7-22-8-6-11/h1,4-6,9-10H,2-3,7-8H2,(H2,21,23). The molecule has 0 spiro atoms. The van der Waals surface area contributed by atoms with E-state index in [0.717, 1.165) is 41.3 Å². The van der Waals surface area contributed by atoms with Crippen LogP contribution in [0, 0.1) is 11.6 Å². The van der Waals surface area contributed by atoms with Crippen molar-refractivity contribution in [1.29, 1.82) is 0 Å². The normalized spacial score (nSPS) is 14.7. The van der Waals surface area contributed by atoms with Crippen LogP contribution in [-0.2, 0) is 0 Å². The van der Waals surface area contributed by atoms with E-state index in [1.54, 1.807) is 6.20 Å². The number of benzene rings is 1. The summed E-state index contributed by atoms with van der Waals surface area (Å²) >= 11 is 0. The molecule has 0 atom stereocenters. The third kappa shape index (κ3) is 3.28. The Labute approximate surface area is 153 Å². The molecule has 1 aliphatic heterocycles. The molecule has 1 aromatic carbocycles. The molecule has 137 valence electrons. The number of tetrazole rings is 1. The summed E-state index contributed by atoms with van der Waals surface area (Å²) in [5.41, 5.74) is 8.37. The van der Waals surface area contributed by atoms with Gasteiger partial charge in [-0.05, 0) is 52.6 Å². The lowest BCUT2D eigenvalue weighted by molar-refractivity contribution is 0.501. The monoisotopic (exact) mass is 368 g/mol. The van der Waals surface area contributed by atoms with Gasteiger partial charge in [-0.2, -0.15) is 4.68 Å². The molecule has 3 aromatic rings. The highest BCUT2D eigenvalue weighted by Crippen LogP contribution is 2.30. The van der Waals surface area contributed by atoms with E-state index in [1.165, 1.54) is 12.1 Å². The van der Waals surface area contributed by atoms with Crippen LogP contribution in [0.1, 0.15) is 18.4 Å². The van der Waals surface area contributed by atoms with Crippen molar-refractivity contribution in [3.63, 3.8) is 0 Å². The maximum absolute atomic E-state index is 14.2. The molecule has 0 aliphatic carbocycles. The summed E-state index contributed by atoms with van der Waals surface area (Å²) < 4.78 is 29.0. The molecule has 1 aliphatic rings. The highest BCUT2D eigenvalue weighted by molar-refractivity contribution is 5.76. The fraction of sp³-hybridized carbons (Fsp3) is 0.222. The molecule has 0 fully saturated rings. The topological polar surface area (TPSA) is 96.6 Å². The van der Waals surface area contributed by atoms with Gasteiger partial charge in [0.1, 0.15) is 11.5 Å². The second-order valence-corrected chi connectivity index (χ2v) is 6.11. The summed E-state index contributed by atoms with van der Waals surface area (Å²) in [6.07, 6.45) is 5.57. The lowest BCUT2D eigenvalue weighted by atomic mass is 10.0. The minimum Gasteiger partial charge on any atom is -0.383 e. The molecule has 4 rings (SSSR count). The predicted molar refractivity (Wildman–Crippen MR) is 95.8 cm³/mol. The van der Waals surface area contributed by atoms with Crippen LogP contribution >= 0.6 is 0 Å². The third-order valence-corrected chi connectivity index (χ3v) is 4.39. The van der Waals surface area contributed by atoms with Crippen molar-refractivity contribution in [2.24, 2.45) is 0 Å². The van der Waals surface area contributed by atoms with Crippen LogP contribution in [0.2, 0.25) is 0 Å². The number of nitrogen functional groups attached to an aromatic ring is 1. The zero-order valence-corrected chi connectivity index (χ0v) is 14.3.